The van der Waals surface area contributed by atoms with E-state index in [0.29, 0.717) is 0 Å². The molecular formula is C13H15BF3NO2. The lowest BCUT2D eigenvalue weighted by Gasteiger charge is -2.32. The summed E-state index contributed by atoms with van der Waals surface area (Å²) in [5.74, 6) is -2.36. The number of nitrogens with zero attached hydrogens (tertiary/aromatic N) is 1. The van der Waals surface area contributed by atoms with Gasteiger partial charge in [-0.05, 0) is 27.7 Å². The molecule has 20 heavy (non-hydrogen) atoms. The molecule has 0 saturated carbocycles. The minimum atomic E-state index is -1.47. The molecule has 0 unspecified atom stereocenters. The second-order valence-electron chi connectivity index (χ2n) is 5.62. The molecule has 0 bridgehead atoms. The lowest BCUT2D eigenvalue weighted by molar-refractivity contribution is 0.00578. The summed E-state index contributed by atoms with van der Waals surface area (Å²) in [6.45, 7) is 7.47. The van der Waals surface area contributed by atoms with Gasteiger partial charge in [-0.1, -0.05) is 12.1 Å². The average Bonchev–Trinajstić information content (AvgIpc) is 2.50. The minimum Gasteiger partial charge on any atom is -0.400 e. The zero-order chi connectivity index (χ0) is 15.1. The van der Waals surface area contributed by atoms with Gasteiger partial charge < -0.3 is 9.31 Å². The largest absolute Gasteiger partial charge is 0.487 e. The molecule has 0 spiro atoms. The van der Waals surface area contributed by atoms with Crippen LogP contribution >= 0.6 is 0 Å². The highest BCUT2D eigenvalue weighted by Crippen LogP contribution is 2.37. The van der Waals surface area contributed by atoms with Gasteiger partial charge >= 0.3 is 7.12 Å². The summed E-state index contributed by atoms with van der Waals surface area (Å²) in [5.41, 5.74) is -1.31. The lowest BCUT2D eigenvalue weighted by Crippen LogP contribution is -2.41. The third-order valence-corrected chi connectivity index (χ3v) is 3.62. The number of aromatic nitrogens is 1. The summed E-state index contributed by atoms with van der Waals surface area (Å²) in [6.07, 6.45) is 1.21. The Morgan fingerprint density at radius 1 is 1.10 bits per heavy atom. The maximum Gasteiger partial charge on any atom is 0.487 e. The van der Waals surface area contributed by atoms with E-state index in [1.54, 1.807) is 0 Å². The quantitative estimate of drug-likeness (QED) is 0.618. The molecule has 1 aliphatic rings. The van der Waals surface area contributed by atoms with Crippen molar-refractivity contribution in [3.63, 3.8) is 0 Å². The van der Waals surface area contributed by atoms with Gasteiger partial charge in [-0.2, -0.15) is 13.8 Å². The van der Waals surface area contributed by atoms with Crippen molar-refractivity contribution in [3.8, 4) is 0 Å². The molecule has 2 rings (SSSR count). The van der Waals surface area contributed by atoms with Gasteiger partial charge in [-0.25, -0.2) is 4.39 Å². The Labute approximate surface area is 115 Å². The average molecular weight is 285 g/mol. The predicted molar refractivity (Wildman–Crippen MR) is 69.2 cm³/mol. The molecule has 0 aromatic carbocycles. The van der Waals surface area contributed by atoms with Crippen molar-refractivity contribution in [1.29, 1.82) is 0 Å². The molecule has 0 N–H and O–H groups in total. The third-order valence-electron chi connectivity index (χ3n) is 3.62. The molecule has 0 atom stereocenters. The zero-order valence-corrected chi connectivity index (χ0v) is 11.7. The Morgan fingerprint density at radius 2 is 1.65 bits per heavy atom. The smallest absolute Gasteiger partial charge is 0.400 e. The van der Waals surface area contributed by atoms with Crippen LogP contribution in [0.25, 0.3) is 6.08 Å². The normalized spacial score (nSPS) is 20.9. The van der Waals surface area contributed by atoms with E-state index >= 15 is 0 Å². The Kier molecular flexibility index (Phi) is 3.68. The topological polar surface area (TPSA) is 31.4 Å². The number of hydrogen-bond acceptors (Lipinski definition) is 3. The van der Waals surface area contributed by atoms with E-state index in [1.165, 1.54) is 12.1 Å². The van der Waals surface area contributed by atoms with Gasteiger partial charge in [0, 0.05) is 11.6 Å². The fourth-order valence-electron chi connectivity index (χ4n) is 1.76. The highest BCUT2D eigenvalue weighted by molar-refractivity contribution is 6.52. The molecule has 0 radical (unpaired) electrons. The Balaban J connectivity index is 2.20. The van der Waals surface area contributed by atoms with Crippen LogP contribution in [0, 0.1) is 17.7 Å². The Bertz CT molecular complexity index is 545. The second kappa shape index (κ2) is 4.89. The van der Waals surface area contributed by atoms with Crippen molar-refractivity contribution < 1.29 is 22.5 Å². The van der Waals surface area contributed by atoms with Crippen molar-refractivity contribution in [2.24, 2.45) is 0 Å². The standard InChI is InChI=1S/C13H15BF3NO2/c1-12(2)13(3,4)20-14(19-12)6-5-8-7-9(15)18-11(17)10(8)16/h5-7H,1-4H3/b6-5+. The molecule has 1 aromatic rings. The van der Waals surface area contributed by atoms with Crippen LogP contribution in [0.5, 0.6) is 0 Å². The molecule has 0 amide bonds. The van der Waals surface area contributed by atoms with Gasteiger partial charge in [0.2, 0.25) is 5.95 Å². The molecular weight excluding hydrogens is 270 g/mol. The van der Waals surface area contributed by atoms with Gasteiger partial charge in [-0.3, -0.25) is 0 Å². The van der Waals surface area contributed by atoms with E-state index in [-0.39, 0.29) is 5.56 Å². The second-order valence-corrected chi connectivity index (χ2v) is 5.62. The van der Waals surface area contributed by atoms with Crippen LogP contribution in [0.2, 0.25) is 0 Å². The first-order chi connectivity index (χ1) is 9.12. The summed E-state index contributed by atoms with van der Waals surface area (Å²) in [4.78, 5) is 2.76. The summed E-state index contributed by atoms with van der Waals surface area (Å²) >= 11 is 0. The molecule has 1 saturated heterocycles. The summed E-state index contributed by atoms with van der Waals surface area (Å²) in [6, 6.07) is 0.806. The predicted octanol–water partition coefficient (Wildman–Crippen LogP) is 3.14. The summed E-state index contributed by atoms with van der Waals surface area (Å²) in [5, 5.41) is 0. The molecule has 1 aliphatic heterocycles. The monoisotopic (exact) mass is 285 g/mol. The fourth-order valence-corrected chi connectivity index (χ4v) is 1.76. The van der Waals surface area contributed by atoms with Crippen LogP contribution in [0.15, 0.2) is 12.0 Å². The Morgan fingerprint density at radius 3 is 2.20 bits per heavy atom. The van der Waals surface area contributed by atoms with Gasteiger partial charge in [0.15, 0.2) is 5.82 Å². The van der Waals surface area contributed by atoms with E-state index in [4.69, 9.17) is 9.31 Å². The first-order valence-corrected chi connectivity index (χ1v) is 6.18. The molecule has 1 fully saturated rings. The molecule has 108 valence electrons. The van der Waals surface area contributed by atoms with Crippen LogP contribution in [-0.4, -0.2) is 23.3 Å². The van der Waals surface area contributed by atoms with Crippen LogP contribution < -0.4 is 0 Å². The highest BCUT2D eigenvalue weighted by Gasteiger charge is 2.50. The fraction of sp³-hybridized carbons (Fsp3) is 0.462. The molecule has 3 nitrogen and oxygen atoms in total. The summed E-state index contributed by atoms with van der Waals surface area (Å²) < 4.78 is 50.6. The lowest BCUT2D eigenvalue weighted by atomic mass is 9.89. The maximum absolute atomic E-state index is 13.4. The molecule has 2 heterocycles. The third kappa shape index (κ3) is 2.74. The highest BCUT2D eigenvalue weighted by atomic mass is 19.2. The van der Waals surface area contributed by atoms with Crippen molar-refractivity contribution in [2.75, 3.05) is 0 Å². The minimum absolute atomic E-state index is 0.246. The first kappa shape index (κ1) is 15.1. The number of pyridine rings is 1. The first-order valence-electron chi connectivity index (χ1n) is 6.18. The maximum atomic E-state index is 13.4. The van der Waals surface area contributed by atoms with Gasteiger partial charge in [-0.15, -0.1) is 0 Å². The van der Waals surface area contributed by atoms with E-state index in [1.807, 2.05) is 27.7 Å². The van der Waals surface area contributed by atoms with Crippen LogP contribution in [0.4, 0.5) is 13.2 Å². The van der Waals surface area contributed by atoms with E-state index in [0.717, 1.165) is 6.07 Å². The Hall–Kier alpha value is -1.34. The van der Waals surface area contributed by atoms with Crippen LogP contribution in [0.3, 0.4) is 0 Å². The molecule has 7 heteroatoms. The van der Waals surface area contributed by atoms with E-state index < -0.39 is 36.0 Å². The van der Waals surface area contributed by atoms with Gasteiger partial charge in [0.05, 0.1) is 11.2 Å². The van der Waals surface area contributed by atoms with Crippen molar-refractivity contribution in [2.45, 2.75) is 38.9 Å². The number of hydrogen-bond donors (Lipinski definition) is 0. The summed E-state index contributed by atoms with van der Waals surface area (Å²) in [7, 11) is -0.710. The van der Waals surface area contributed by atoms with Gasteiger partial charge in [0.25, 0.3) is 5.95 Å². The van der Waals surface area contributed by atoms with Crippen molar-refractivity contribution in [3.05, 3.63) is 35.3 Å². The zero-order valence-electron chi connectivity index (χ0n) is 11.7. The van der Waals surface area contributed by atoms with Crippen LogP contribution in [0.1, 0.15) is 33.3 Å². The SMILES string of the molecule is CC1(C)OB(/C=C/c2cc(F)nc(F)c2F)OC1(C)C. The number of rotatable bonds is 2. The van der Waals surface area contributed by atoms with Crippen molar-refractivity contribution in [1.82, 2.24) is 4.98 Å². The molecule has 0 aliphatic carbocycles. The van der Waals surface area contributed by atoms with E-state index in [9.17, 15) is 13.2 Å². The van der Waals surface area contributed by atoms with Crippen LogP contribution in [-0.2, 0) is 9.31 Å². The number of halogens is 3. The molecule has 1 aromatic heterocycles. The van der Waals surface area contributed by atoms with E-state index in [2.05, 4.69) is 4.98 Å². The van der Waals surface area contributed by atoms with Crippen molar-refractivity contribution >= 4 is 13.2 Å². The van der Waals surface area contributed by atoms with Gasteiger partial charge in [0.1, 0.15) is 0 Å².